The number of hydrazine groups is 1. The van der Waals surface area contributed by atoms with E-state index in [0.29, 0.717) is 16.3 Å². The van der Waals surface area contributed by atoms with Gasteiger partial charge in [-0.05, 0) is 65.2 Å². The van der Waals surface area contributed by atoms with E-state index in [1.54, 1.807) is 18.2 Å². The highest BCUT2D eigenvalue weighted by atomic mass is 79.9. The number of halogens is 2. The van der Waals surface area contributed by atoms with Crippen molar-refractivity contribution in [2.75, 3.05) is 10.7 Å². The van der Waals surface area contributed by atoms with E-state index in [1.807, 2.05) is 26.0 Å². The van der Waals surface area contributed by atoms with E-state index in [-0.39, 0.29) is 5.91 Å². The van der Waals surface area contributed by atoms with E-state index < -0.39 is 0 Å². The molecule has 0 aliphatic heterocycles. The maximum Gasteiger partial charge on any atom is 0.257 e. The van der Waals surface area contributed by atoms with Gasteiger partial charge in [0.2, 0.25) is 0 Å². The molecule has 2 aromatic rings. The van der Waals surface area contributed by atoms with Crippen molar-refractivity contribution in [1.82, 2.24) is 0 Å². The average Bonchev–Trinajstić information content (AvgIpc) is 2.42. The Labute approximate surface area is 136 Å². The minimum atomic E-state index is -0.280. The van der Waals surface area contributed by atoms with Crippen LogP contribution in [0, 0.1) is 13.8 Å². The number of hydrogen-bond acceptors (Lipinski definition) is 3. The number of aryl methyl sites for hydroxylation is 2. The highest BCUT2D eigenvalue weighted by Gasteiger charge is 2.15. The van der Waals surface area contributed by atoms with Gasteiger partial charge in [0.15, 0.2) is 0 Å². The van der Waals surface area contributed by atoms with Gasteiger partial charge in [-0.1, -0.05) is 17.7 Å². The van der Waals surface area contributed by atoms with E-state index in [0.717, 1.165) is 21.3 Å². The molecule has 0 aliphatic carbocycles. The Morgan fingerprint density at radius 3 is 2.57 bits per heavy atom. The second-order valence-electron chi connectivity index (χ2n) is 4.73. The van der Waals surface area contributed by atoms with Gasteiger partial charge in [0, 0.05) is 9.50 Å². The number of nitrogens with one attached hydrogen (secondary N) is 2. The molecule has 0 heterocycles. The zero-order valence-corrected chi connectivity index (χ0v) is 14.0. The number of hydrogen-bond donors (Lipinski definition) is 3. The quantitative estimate of drug-likeness (QED) is 0.560. The van der Waals surface area contributed by atoms with Gasteiger partial charge in [0.05, 0.1) is 16.9 Å². The van der Waals surface area contributed by atoms with Crippen molar-refractivity contribution in [3.8, 4) is 0 Å². The molecule has 0 spiro atoms. The Bertz CT molecular complexity index is 680. The second-order valence-corrected chi connectivity index (χ2v) is 6.02. The number of carbonyl (C=O) groups excluding carboxylic acids is 1. The molecule has 0 atom stereocenters. The Morgan fingerprint density at radius 1 is 1.24 bits per heavy atom. The van der Waals surface area contributed by atoms with Crippen LogP contribution in [-0.4, -0.2) is 5.91 Å². The largest absolute Gasteiger partial charge is 0.323 e. The molecule has 0 unspecified atom stereocenters. The Balaban J connectivity index is 2.37. The highest BCUT2D eigenvalue weighted by Crippen LogP contribution is 2.29. The van der Waals surface area contributed by atoms with E-state index in [9.17, 15) is 4.79 Å². The summed E-state index contributed by atoms with van der Waals surface area (Å²) in [4.78, 5) is 12.4. The minimum absolute atomic E-state index is 0.280. The number of rotatable bonds is 3. The van der Waals surface area contributed by atoms with Crippen molar-refractivity contribution >= 4 is 44.8 Å². The van der Waals surface area contributed by atoms with Crippen molar-refractivity contribution < 1.29 is 4.79 Å². The smallest absolute Gasteiger partial charge is 0.257 e. The second kappa shape index (κ2) is 6.47. The van der Waals surface area contributed by atoms with Crippen LogP contribution in [0.1, 0.15) is 21.5 Å². The van der Waals surface area contributed by atoms with Crippen molar-refractivity contribution in [2.45, 2.75) is 13.8 Å². The molecule has 21 heavy (non-hydrogen) atoms. The van der Waals surface area contributed by atoms with Crippen LogP contribution in [0.3, 0.4) is 0 Å². The normalized spacial score (nSPS) is 10.3. The zero-order chi connectivity index (χ0) is 15.6. The lowest BCUT2D eigenvalue weighted by Gasteiger charge is -2.14. The predicted molar refractivity (Wildman–Crippen MR) is 90.8 cm³/mol. The van der Waals surface area contributed by atoms with E-state index in [2.05, 4.69) is 26.7 Å². The first kappa shape index (κ1) is 15.8. The fourth-order valence-corrected chi connectivity index (χ4v) is 3.03. The van der Waals surface area contributed by atoms with Gasteiger partial charge in [-0.3, -0.25) is 10.6 Å². The summed E-state index contributed by atoms with van der Waals surface area (Å²) in [5, 5.41) is 3.36. The van der Waals surface area contributed by atoms with Gasteiger partial charge in [-0.25, -0.2) is 0 Å². The van der Waals surface area contributed by atoms with Gasteiger partial charge in [0.1, 0.15) is 0 Å². The molecule has 110 valence electrons. The lowest BCUT2D eigenvalue weighted by Crippen LogP contribution is -2.18. The lowest BCUT2D eigenvalue weighted by atomic mass is 10.1. The fourth-order valence-electron chi connectivity index (χ4n) is 2.09. The van der Waals surface area contributed by atoms with Crippen molar-refractivity contribution in [2.24, 2.45) is 5.84 Å². The molecule has 4 nitrogen and oxygen atoms in total. The third-order valence-electron chi connectivity index (χ3n) is 3.05. The first-order valence-corrected chi connectivity index (χ1v) is 7.43. The van der Waals surface area contributed by atoms with Crippen LogP contribution in [0.5, 0.6) is 0 Å². The maximum absolute atomic E-state index is 12.4. The molecule has 2 rings (SSSR count). The van der Waals surface area contributed by atoms with Crippen LogP contribution >= 0.6 is 27.5 Å². The number of anilines is 2. The molecule has 2 aromatic carbocycles. The molecule has 1 amide bonds. The zero-order valence-electron chi connectivity index (χ0n) is 11.6. The van der Waals surface area contributed by atoms with Gasteiger partial charge in [-0.15, -0.1) is 0 Å². The molecule has 0 fully saturated rings. The Kier molecular flexibility index (Phi) is 4.88. The van der Waals surface area contributed by atoms with Crippen LogP contribution < -0.4 is 16.6 Å². The third-order valence-corrected chi connectivity index (χ3v) is 3.91. The number of carbonyl (C=O) groups is 1. The first-order valence-electron chi connectivity index (χ1n) is 6.26. The molecule has 0 saturated heterocycles. The summed E-state index contributed by atoms with van der Waals surface area (Å²) in [7, 11) is 0. The molecule has 6 heteroatoms. The van der Waals surface area contributed by atoms with Gasteiger partial charge >= 0.3 is 0 Å². The lowest BCUT2D eigenvalue weighted by molar-refractivity contribution is 0.102. The van der Waals surface area contributed by atoms with E-state index in [4.69, 9.17) is 17.4 Å². The number of amides is 1. The number of benzene rings is 2. The standard InChI is InChI=1S/C15H15BrClN3O/c1-8-5-9(2)14(12(16)6-8)19-15(21)11-7-10(17)3-4-13(11)20-18/h3-7,20H,18H2,1-2H3,(H,19,21). The topological polar surface area (TPSA) is 67.2 Å². The number of nitrogens with two attached hydrogens (primary N) is 1. The third kappa shape index (κ3) is 3.56. The molecule has 0 aliphatic rings. The Hall–Kier alpha value is -1.56. The maximum atomic E-state index is 12.4. The summed E-state index contributed by atoms with van der Waals surface area (Å²) in [6, 6.07) is 8.85. The molecule has 4 N–H and O–H groups in total. The molecular weight excluding hydrogens is 354 g/mol. The summed E-state index contributed by atoms with van der Waals surface area (Å²) < 4.78 is 0.831. The highest BCUT2D eigenvalue weighted by molar-refractivity contribution is 9.10. The Morgan fingerprint density at radius 2 is 1.95 bits per heavy atom. The predicted octanol–water partition coefficient (Wildman–Crippen LogP) is 4.26. The molecular formula is C15H15BrClN3O. The van der Waals surface area contributed by atoms with E-state index in [1.165, 1.54) is 0 Å². The van der Waals surface area contributed by atoms with Crippen molar-refractivity contribution in [3.05, 3.63) is 56.5 Å². The van der Waals surface area contributed by atoms with Crippen LogP contribution in [0.25, 0.3) is 0 Å². The molecule has 0 aromatic heterocycles. The van der Waals surface area contributed by atoms with Crippen LogP contribution in [0.2, 0.25) is 5.02 Å². The minimum Gasteiger partial charge on any atom is -0.323 e. The fraction of sp³-hybridized carbons (Fsp3) is 0.133. The summed E-state index contributed by atoms with van der Waals surface area (Å²) in [6.07, 6.45) is 0. The number of nitrogen functional groups attached to an aromatic ring is 1. The van der Waals surface area contributed by atoms with E-state index >= 15 is 0 Å². The molecule has 0 saturated carbocycles. The van der Waals surface area contributed by atoms with Crippen LogP contribution in [0.4, 0.5) is 11.4 Å². The summed E-state index contributed by atoms with van der Waals surface area (Å²) in [6.45, 7) is 3.93. The molecule has 0 radical (unpaired) electrons. The van der Waals surface area contributed by atoms with Gasteiger partial charge < -0.3 is 10.7 Å². The van der Waals surface area contributed by atoms with Gasteiger partial charge in [-0.2, -0.15) is 0 Å². The monoisotopic (exact) mass is 367 g/mol. The first-order chi connectivity index (χ1) is 9.92. The van der Waals surface area contributed by atoms with Crippen LogP contribution in [-0.2, 0) is 0 Å². The van der Waals surface area contributed by atoms with Crippen molar-refractivity contribution in [1.29, 1.82) is 0 Å². The average molecular weight is 369 g/mol. The van der Waals surface area contributed by atoms with Crippen molar-refractivity contribution in [3.63, 3.8) is 0 Å². The summed E-state index contributed by atoms with van der Waals surface area (Å²) in [5.41, 5.74) is 6.21. The van der Waals surface area contributed by atoms with Gasteiger partial charge in [0.25, 0.3) is 5.91 Å². The SMILES string of the molecule is Cc1cc(C)c(NC(=O)c2cc(Cl)ccc2NN)c(Br)c1. The molecule has 0 bridgehead atoms. The van der Waals surface area contributed by atoms with Crippen LogP contribution in [0.15, 0.2) is 34.8 Å². The summed E-state index contributed by atoms with van der Waals surface area (Å²) >= 11 is 9.41. The summed E-state index contributed by atoms with van der Waals surface area (Å²) in [5.74, 6) is 5.15.